The Hall–Kier alpha value is -0.370. The van der Waals surface area contributed by atoms with Crippen LogP contribution < -0.4 is 5.32 Å². The van der Waals surface area contributed by atoms with Crippen molar-refractivity contribution < 1.29 is 23.0 Å². The zero-order chi connectivity index (χ0) is 13.2. The number of morpholine rings is 1. The number of alkyl halides is 3. The van der Waals surface area contributed by atoms with Crippen molar-refractivity contribution in [2.75, 3.05) is 39.4 Å². The van der Waals surface area contributed by atoms with Crippen LogP contribution in [0.25, 0.3) is 0 Å². The van der Waals surface area contributed by atoms with Crippen molar-refractivity contribution in [3.8, 4) is 0 Å². The number of ether oxygens (including phenoxy) is 1. The molecule has 0 aromatic carbocycles. The molecule has 1 aliphatic heterocycles. The van der Waals surface area contributed by atoms with E-state index in [1.807, 2.05) is 4.90 Å². The Labute approximate surface area is 104 Å². The fraction of sp³-hybridized carbons (Fsp3) is 1.00. The van der Waals surface area contributed by atoms with Crippen LogP contribution in [0, 0.1) is 0 Å². The zero-order valence-electron chi connectivity index (χ0n) is 10.2. The van der Waals surface area contributed by atoms with Crippen LogP contribution in [-0.4, -0.2) is 67.2 Å². The van der Waals surface area contributed by atoms with E-state index in [0.717, 1.165) is 13.1 Å². The summed E-state index contributed by atoms with van der Waals surface area (Å²) in [5.41, 5.74) is -1.74. The second-order valence-corrected chi connectivity index (χ2v) is 5.03. The largest absolute Gasteiger partial charge is 0.406 e. The summed E-state index contributed by atoms with van der Waals surface area (Å²) in [4.78, 5) is 2.00. The normalized spacial score (nSPS) is 26.0. The summed E-state index contributed by atoms with van der Waals surface area (Å²) in [6, 6.07) is 0. The first kappa shape index (κ1) is 14.0. The van der Waals surface area contributed by atoms with Crippen LogP contribution in [0.5, 0.6) is 0 Å². The molecule has 18 heavy (non-hydrogen) atoms. The maximum absolute atomic E-state index is 12.6. The van der Waals surface area contributed by atoms with Gasteiger partial charge in [0.1, 0.15) is 5.54 Å². The van der Waals surface area contributed by atoms with E-state index >= 15 is 0 Å². The molecule has 1 saturated heterocycles. The maximum atomic E-state index is 12.6. The number of aliphatic hydroxyl groups is 1. The third-order valence-corrected chi connectivity index (χ3v) is 3.54. The highest BCUT2D eigenvalue weighted by Crippen LogP contribution is 2.48. The molecule has 0 spiro atoms. The topological polar surface area (TPSA) is 44.7 Å². The zero-order valence-corrected chi connectivity index (χ0v) is 10.2. The van der Waals surface area contributed by atoms with Gasteiger partial charge in [-0.25, -0.2) is 0 Å². The molecule has 106 valence electrons. The first-order valence-electron chi connectivity index (χ1n) is 6.23. The third-order valence-electron chi connectivity index (χ3n) is 3.54. The molecule has 1 atom stereocenters. The van der Waals surface area contributed by atoms with Gasteiger partial charge in [0.25, 0.3) is 0 Å². The van der Waals surface area contributed by atoms with Gasteiger partial charge in [-0.2, -0.15) is 13.2 Å². The van der Waals surface area contributed by atoms with E-state index in [0.29, 0.717) is 19.8 Å². The summed E-state index contributed by atoms with van der Waals surface area (Å²) in [6.45, 7) is 3.06. The van der Waals surface area contributed by atoms with Gasteiger partial charge < -0.3 is 15.2 Å². The van der Waals surface area contributed by atoms with Crippen molar-refractivity contribution in [3.05, 3.63) is 0 Å². The van der Waals surface area contributed by atoms with E-state index in [9.17, 15) is 18.3 Å². The summed E-state index contributed by atoms with van der Waals surface area (Å²) in [6.07, 6.45) is -4.77. The highest BCUT2D eigenvalue weighted by Gasteiger charge is 2.63. The van der Waals surface area contributed by atoms with E-state index in [4.69, 9.17) is 4.74 Å². The molecular weight excluding hydrogens is 249 g/mol. The van der Waals surface area contributed by atoms with Crippen LogP contribution in [0.1, 0.15) is 12.8 Å². The molecule has 0 aromatic rings. The minimum atomic E-state index is -4.22. The number of hydrogen-bond acceptors (Lipinski definition) is 4. The van der Waals surface area contributed by atoms with Crippen LogP contribution in [-0.2, 0) is 4.74 Å². The predicted molar refractivity (Wildman–Crippen MR) is 59.3 cm³/mol. The van der Waals surface area contributed by atoms with Gasteiger partial charge in [0.2, 0.25) is 0 Å². The summed E-state index contributed by atoms with van der Waals surface area (Å²) >= 11 is 0. The Morgan fingerprint density at radius 3 is 2.39 bits per heavy atom. The minimum absolute atomic E-state index is 0.0170. The lowest BCUT2D eigenvalue weighted by molar-refractivity contribution is -0.166. The number of rotatable bonds is 5. The smallest absolute Gasteiger partial charge is 0.390 e. The predicted octanol–water partition coefficient (Wildman–Crippen LogP) is 0.364. The highest BCUT2D eigenvalue weighted by molar-refractivity contribution is 5.08. The summed E-state index contributed by atoms with van der Waals surface area (Å²) in [7, 11) is 0. The molecule has 0 aromatic heterocycles. The fourth-order valence-electron chi connectivity index (χ4n) is 2.14. The van der Waals surface area contributed by atoms with E-state index < -0.39 is 17.8 Å². The summed E-state index contributed by atoms with van der Waals surface area (Å²) in [5, 5.41) is 12.2. The monoisotopic (exact) mass is 268 g/mol. The molecule has 4 nitrogen and oxygen atoms in total. The molecular formula is C11H19F3N2O2. The second-order valence-electron chi connectivity index (χ2n) is 5.03. The summed E-state index contributed by atoms with van der Waals surface area (Å²) < 4.78 is 43.1. The third kappa shape index (κ3) is 3.34. The molecule has 1 unspecified atom stereocenters. The Bertz CT molecular complexity index is 276. The van der Waals surface area contributed by atoms with Crippen LogP contribution in [0.15, 0.2) is 0 Å². The Morgan fingerprint density at radius 1 is 1.28 bits per heavy atom. The van der Waals surface area contributed by atoms with Gasteiger partial charge in [-0.15, -0.1) is 0 Å². The SMILES string of the molecule is OC(CNC1(C(F)(F)F)CC1)CN1CCOCC1. The molecule has 1 heterocycles. The number of hydrogen-bond donors (Lipinski definition) is 2. The molecule has 2 N–H and O–H groups in total. The molecule has 2 aliphatic rings. The van der Waals surface area contributed by atoms with Crippen molar-refractivity contribution in [3.63, 3.8) is 0 Å². The first-order valence-corrected chi connectivity index (χ1v) is 6.23. The lowest BCUT2D eigenvalue weighted by Crippen LogP contribution is -2.50. The maximum Gasteiger partial charge on any atom is 0.406 e. The minimum Gasteiger partial charge on any atom is -0.390 e. The van der Waals surface area contributed by atoms with Gasteiger partial charge in [0.15, 0.2) is 0 Å². The number of nitrogens with one attached hydrogen (secondary N) is 1. The van der Waals surface area contributed by atoms with Gasteiger partial charge in [0, 0.05) is 26.2 Å². The molecule has 2 rings (SSSR count). The first-order chi connectivity index (χ1) is 8.43. The van der Waals surface area contributed by atoms with Gasteiger partial charge in [-0.3, -0.25) is 4.90 Å². The van der Waals surface area contributed by atoms with Crippen LogP contribution in [0.4, 0.5) is 13.2 Å². The lowest BCUT2D eigenvalue weighted by Gasteiger charge is -2.29. The van der Waals surface area contributed by atoms with Crippen molar-refractivity contribution >= 4 is 0 Å². The van der Waals surface area contributed by atoms with Crippen LogP contribution in [0.2, 0.25) is 0 Å². The average molecular weight is 268 g/mol. The molecule has 0 amide bonds. The van der Waals surface area contributed by atoms with Crippen molar-refractivity contribution in [1.29, 1.82) is 0 Å². The quantitative estimate of drug-likeness (QED) is 0.756. The van der Waals surface area contributed by atoms with Crippen LogP contribution >= 0.6 is 0 Å². The Balaban J connectivity index is 1.70. The van der Waals surface area contributed by atoms with Crippen molar-refractivity contribution in [2.45, 2.75) is 30.7 Å². The Kier molecular flexibility index (Phi) is 4.15. The van der Waals surface area contributed by atoms with E-state index in [-0.39, 0.29) is 19.4 Å². The van der Waals surface area contributed by atoms with Gasteiger partial charge in [-0.05, 0) is 12.8 Å². The summed E-state index contributed by atoms with van der Waals surface area (Å²) in [5.74, 6) is 0. The number of halogens is 3. The molecule has 2 fully saturated rings. The average Bonchev–Trinajstić information content (AvgIpc) is 3.08. The van der Waals surface area contributed by atoms with E-state index in [1.54, 1.807) is 0 Å². The molecule has 0 bridgehead atoms. The fourth-order valence-corrected chi connectivity index (χ4v) is 2.14. The molecule has 0 radical (unpaired) electrons. The van der Waals surface area contributed by atoms with Crippen molar-refractivity contribution in [2.24, 2.45) is 0 Å². The second kappa shape index (κ2) is 5.32. The van der Waals surface area contributed by atoms with Crippen molar-refractivity contribution in [1.82, 2.24) is 10.2 Å². The van der Waals surface area contributed by atoms with Gasteiger partial charge in [0.05, 0.1) is 19.3 Å². The molecule has 1 aliphatic carbocycles. The highest BCUT2D eigenvalue weighted by atomic mass is 19.4. The molecule has 7 heteroatoms. The number of nitrogens with zero attached hydrogens (tertiary/aromatic N) is 1. The van der Waals surface area contributed by atoms with Crippen LogP contribution in [0.3, 0.4) is 0 Å². The molecule has 1 saturated carbocycles. The van der Waals surface area contributed by atoms with Gasteiger partial charge >= 0.3 is 6.18 Å². The lowest BCUT2D eigenvalue weighted by atomic mass is 10.2. The van der Waals surface area contributed by atoms with E-state index in [2.05, 4.69) is 5.32 Å². The van der Waals surface area contributed by atoms with E-state index in [1.165, 1.54) is 0 Å². The number of aliphatic hydroxyl groups excluding tert-OH is 1. The Morgan fingerprint density at radius 2 is 1.89 bits per heavy atom. The van der Waals surface area contributed by atoms with Gasteiger partial charge in [-0.1, -0.05) is 0 Å². The number of β-amino-alcohol motifs (C(OH)–C–C–N with tert-alkyl or cyclic N) is 1. The standard InChI is InChI=1S/C11H19F3N2O2/c12-11(13,14)10(1-2-10)15-7-9(17)8-16-3-5-18-6-4-16/h9,15,17H,1-8H2.